The molecule has 0 fully saturated rings. The van der Waals surface area contributed by atoms with E-state index in [2.05, 4.69) is 26.6 Å². The third kappa shape index (κ3) is 3.98. The number of amides is 1. The Labute approximate surface area is 132 Å². The van der Waals surface area contributed by atoms with Gasteiger partial charge in [0.15, 0.2) is 0 Å². The van der Waals surface area contributed by atoms with Gasteiger partial charge in [0.2, 0.25) is 0 Å². The summed E-state index contributed by atoms with van der Waals surface area (Å²) in [5.74, 6) is 0.710. The summed E-state index contributed by atoms with van der Waals surface area (Å²) in [7, 11) is 3.26. The second-order valence-electron chi connectivity index (χ2n) is 4.48. The third-order valence-corrected chi connectivity index (χ3v) is 3.75. The molecule has 4 nitrogen and oxygen atoms in total. The highest BCUT2D eigenvalue weighted by atomic mass is 79.9. The Hall–Kier alpha value is -2.01. The molecule has 110 valence electrons. The van der Waals surface area contributed by atoms with Crippen molar-refractivity contribution in [3.8, 4) is 5.75 Å². The van der Waals surface area contributed by atoms with Crippen molar-refractivity contribution >= 4 is 27.5 Å². The third-order valence-electron chi connectivity index (χ3n) is 3.09. The lowest BCUT2D eigenvalue weighted by atomic mass is 10.1. The van der Waals surface area contributed by atoms with Crippen molar-refractivity contribution in [2.45, 2.75) is 6.54 Å². The largest absolute Gasteiger partial charge is 0.495 e. The Morgan fingerprint density at radius 2 is 1.90 bits per heavy atom. The number of rotatable bonds is 5. The topological polar surface area (TPSA) is 50.4 Å². The Balaban J connectivity index is 2.01. The number of anilines is 1. The fourth-order valence-electron chi connectivity index (χ4n) is 1.89. The van der Waals surface area contributed by atoms with Crippen LogP contribution in [0.15, 0.2) is 46.9 Å². The maximum atomic E-state index is 11.5. The van der Waals surface area contributed by atoms with Crippen molar-refractivity contribution in [2.75, 3.05) is 19.5 Å². The first kappa shape index (κ1) is 15.4. The zero-order chi connectivity index (χ0) is 15.2. The van der Waals surface area contributed by atoms with Gasteiger partial charge in [-0.2, -0.15) is 0 Å². The Morgan fingerprint density at radius 1 is 1.19 bits per heavy atom. The Bertz CT molecular complexity index is 627. The van der Waals surface area contributed by atoms with Crippen molar-refractivity contribution in [3.05, 3.63) is 58.1 Å². The molecule has 2 aromatic carbocycles. The molecule has 0 radical (unpaired) electrons. The highest BCUT2D eigenvalue weighted by Crippen LogP contribution is 2.28. The lowest BCUT2D eigenvalue weighted by Gasteiger charge is -2.10. The quantitative estimate of drug-likeness (QED) is 0.870. The Morgan fingerprint density at radius 3 is 2.52 bits per heavy atom. The van der Waals surface area contributed by atoms with Gasteiger partial charge in [0.05, 0.1) is 11.6 Å². The van der Waals surface area contributed by atoms with E-state index in [1.165, 1.54) is 0 Å². The van der Waals surface area contributed by atoms with Gasteiger partial charge in [0, 0.05) is 30.9 Å². The van der Waals surface area contributed by atoms with Crippen LogP contribution in [0.4, 0.5) is 5.69 Å². The molecule has 2 N–H and O–H groups in total. The zero-order valence-corrected chi connectivity index (χ0v) is 13.5. The summed E-state index contributed by atoms with van der Waals surface area (Å²) in [5.41, 5.74) is 2.74. The molecule has 21 heavy (non-hydrogen) atoms. The van der Waals surface area contributed by atoms with Crippen LogP contribution in [0.1, 0.15) is 15.9 Å². The summed E-state index contributed by atoms with van der Waals surface area (Å²) < 4.78 is 6.18. The number of hydrogen-bond acceptors (Lipinski definition) is 3. The first-order valence-corrected chi connectivity index (χ1v) is 7.31. The first-order chi connectivity index (χ1) is 10.1. The molecule has 0 aromatic heterocycles. The number of carbonyl (C=O) groups is 1. The molecule has 0 saturated heterocycles. The molecule has 0 bridgehead atoms. The van der Waals surface area contributed by atoms with Crippen LogP contribution in [0.5, 0.6) is 5.75 Å². The van der Waals surface area contributed by atoms with Crippen LogP contribution in [0, 0.1) is 0 Å². The van der Waals surface area contributed by atoms with E-state index in [0.29, 0.717) is 12.1 Å². The monoisotopic (exact) mass is 348 g/mol. The van der Waals surface area contributed by atoms with Crippen LogP contribution in [0.3, 0.4) is 0 Å². The van der Waals surface area contributed by atoms with E-state index in [9.17, 15) is 4.79 Å². The zero-order valence-electron chi connectivity index (χ0n) is 11.9. The average Bonchev–Trinajstić information content (AvgIpc) is 2.53. The fourth-order valence-corrected chi connectivity index (χ4v) is 2.30. The molecule has 0 aliphatic heterocycles. The summed E-state index contributed by atoms with van der Waals surface area (Å²) in [6.07, 6.45) is 0. The van der Waals surface area contributed by atoms with Gasteiger partial charge in [0.1, 0.15) is 5.75 Å². The summed E-state index contributed by atoms with van der Waals surface area (Å²) in [5, 5.41) is 5.93. The van der Waals surface area contributed by atoms with Gasteiger partial charge in [0.25, 0.3) is 5.91 Å². The second-order valence-corrected chi connectivity index (χ2v) is 5.33. The van der Waals surface area contributed by atoms with Crippen LogP contribution in [-0.4, -0.2) is 20.1 Å². The summed E-state index contributed by atoms with van der Waals surface area (Å²) >= 11 is 3.42. The van der Waals surface area contributed by atoms with E-state index in [-0.39, 0.29) is 5.91 Å². The van der Waals surface area contributed by atoms with E-state index in [0.717, 1.165) is 21.5 Å². The number of nitrogens with one attached hydrogen (secondary N) is 2. The van der Waals surface area contributed by atoms with Crippen LogP contribution in [0.2, 0.25) is 0 Å². The lowest BCUT2D eigenvalue weighted by molar-refractivity contribution is 0.0963. The van der Waals surface area contributed by atoms with Crippen molar-refractivity contribution in [2.24, 2.45) is 0 Å². The van der Waals surface area contributed by atoms with Gasteiger partial charge < -0.3 is 15.4 Å². The minimum Gasteiger partial charge on any atom is -0.495 e. The molecule has 0 aliphatic carbocycles. The highest BCUT2D eigenvalue weighted by molar-refractivity contribution is 9.10. The molecule has 1 amide bonds. The summed E-state index contributed by atoms with van der Waals surface area (Å²) in [6, 6.07) is 13.4. The molecule has 2 aromatic rings. The van der Waals surface area contributed by atoms with Crippen LogP contribution in [0.25, 0.3) is 0 Å². The number of carbonyl (C=O) groups excluding carboxylic acids is 1. The normalized spacial score (nSPS) is 10.0. The van der Waals surface area contributed by atoms with Gasteiger partial charge >= 0.3 is 0 Å². The number of halogens is 1. The molecular weight excluding hydrogens is 332 g/mol. The van der Waals surface area contributed by atoms with Crippen LogP contribution < -0.4 is 15.4 Å². The molecule has 0 aliphatic rings. The minimum atomic E-state index is -0.0767. The van der Waals surface area contributed by atoms with Gasteiger partial charge in [-0.25, -0.2) is 0 Å². The molecule has 0 heterocycles. The van der Waals surface area contributed by atoms with Crippen LogP contribution >= 0.6 is 15.9 Å². The molecular formula is C16H17BrN2O2. The van der Waals surface area contributed by atoms with Gasteiger partial charge in [-0.3, -0.25) is 4.79 Å². The Kier molecular flexibility index (Phi) is 5.22. The first-order valence-electron chi connectivity index (χ1n) is 6.52. The summed E-state index contributed by atoms with van der Waals surface area (Å²) in [6.45, 7) is 0.679. The SMILES string of the molecule is CNC(=O)c1ccc(CNc2ccc(Br)c(OC)c2)cc1. The maximum Gasteiger partial charge on any atom is 0.251 e. The summed E-state index contributed by atoms with van der Waals surface area (Å²) in [4.78, 5) is 11.5. The smallest absolute Gasteiger partial charge is 0.251 e. The van der Waals surface area contributed by atoms with E-state index in [1.54, 1.807) is 14.2 Å². The fraction of sp³-hybridized carbons (Fsp3) is 0.188. The lowest BCUT2D eigenvalue weighted by Crippen LogP contribution is -2.17. The van der Waals surface area contributed by atoms with E-state index >= 15 is 0 Å². The molecule has 0 atom stereocenters. The minimum absolute atomic E-state index is 0.0767. The molecule has 0 unspecified atom stereocenters. The number of benzene rings is 2. The average molecular weight is 349 g/mol. The standard InChI is InChI=1S/C16H17BrN2O2/c1-18-16(20)12-5-3-11(4-6-12)10-19-13-7-8-14(17)15(9-13)21-2/h3-9,19H,10H2,1-2H3,(H,18,20). The second kappa shape index (κ2) is 7.13. The van der Waals surface area contributed by atoms with Crippen molar-refractivity contribution in [3.63, 3.8) is 0 Å². The number of methoxy groups -OCH3 is 1. The van der Waals surface area contributed by atoms with Crippen molar-refractivity contribution in [1.82, 2.24) is 5.32 Å². The van der Waals surface area contributed by atoms with Crippen molar-refractivity contribution in [1.29, 1.82) is 0 Å². The van der Waals surface area contributed by atoms with Gasteiger partial charge in [-0.1, -0.05) is 12.1 Å². The highest BCUT2D eigenvalue weighted by Gasteiger charge is 2.03. The molecule has 0 saturated carbocycles. The predicted molar refractivity (Wildman–Crippen MR) is 87.9 cm³/mol. The predicted octanol–water partition coefficient (Wildman–Crippen LogP) is 3.43. The maximum absolute atomic E-state index is 11.5. The number of hydrogen-bond donors (Lipinski definition) is 2. The molecule has 0 spiro atoms. The van der Waals surface area contributed by atoms with Crippen molar-refractivity contribution < 1.29 is 9.53 Å². The van der Waals surface area contributed by atoms with Crippen LogP contribution in [-0.2, 0) is 6.54 Å². The van der Waals surface area contributed by atoms with E-state index in [4.69, 9.17) is 4.74 Å². The molecule has 5 heteroatoms. The molecule has 2 rings (SSSR count). The number of ether oxygens (including phenoxy) is 1. The van der Waals surface area contributed by atoms with E-state index < -0.39 is 0 Å². The van der Waals surface area contributed by atoms with Gasteiger partial charge in [-0.15, -0.1) is 0 Å². The van der Waals surface area contributed by atoms with E-state index in [1.807, 2.05) is 42.5 Å². The van der Waals surface area contributed by atoms with Gasteiger partial charge in [-0.05, 0) is 45.8 Å².